The monoisotopic (exact) mass is 258 g/mol. The van der Waals surface area contributed by atoms with Crippen LogP contribution in [0.1, 0.15) is 33.1 Å². The average molecular weight is 258 g/mol. The Hall–Kier alpha value is -1.30. The van der Waals surface area contributed by atoms with Gasteiger partial charge in [-0.25, -0.2) is 4.79 Å². The van der Waals surface area contributed by atoms with E-state index in [0.717, 1.165) is 6.42 Å². The van der Waals surface area contributed by atoms with Crippen LogP contribution in [0.4, 0.5) is 4.79 Å². The van der Waals surface area contributed by atoms with Crippen LogP contribution in [0.2, 0.25) is 0 Å². The van der Waals surface area contributed by atoms with Gasteiger partial charge in [0.25, 0.3) is 0 Å². The molecule has 0 bridgehead atoms. The fourth-order valence-electron chi connectivity index (χ4n) is 1.97. The number of carboxylic acid groups (broad SMARTS) is 1. The van der Waals surface area contributed by atoms with E-state index in [-0.39, 0.29) is 24.5 Å². The van der Waals surface area contributed by atoms with Gasteiger partial charge in [0, 0.05) is 19.0 Å². The van der Waals surface area contributed by atoms with Gasteiger partial charge in [-0.3, -0.25) is 4.79 Å². The Morgan fingerprint density at radius 2 is 2.28 bits per heavy atom. The standard InChI is InChI=1S/C12H22N2O4/c1-3-10-8-18-7-6-14(10)12(17)13-9(2)4-5-11(15)16/h9-10H,3-8H2,1-2H3,(H,13,17)(H,15,16). The van der Waals surface area contributed by atoms with Crippen LogP contribution in [0.15, 0.2) is 0 Å². The van der Waals surface area contributed by atoms with Crippen LogP contribution in [0.5, 0.6) is 0 Å². The van der Waals surface area contributed by atoms with Crippen molar-refractivity contribution in [2.75, 3.05) is 19.8 Å². The number of ether oxygens (including phenoxy) is 1. The topological polar surface area (TPSA) is 78.9 Å². The number of aliphatic carboxylic acids is 1. The Kier molecular flexibility index (Phi) is 5.91. The van der Waals surface area contributed by atoms with Crippen molar-refractivity contribution < 1.29 is 19.4 Å². The van der Waals surface area contributed by atoms with Gasteiger partial charge >= 0.3 is 12.0 Å². The molecule has 1 heterocycles. The van der Waals surface area contributed by atoms with Crippen LogP contribution in [-0.4, -0.2) is 53.8 Å². The van der Waals surface area contributed by atoms with E-state index >= 15 is 0 Å². The smallest absolute Gasteiger partial charge is 0.318 e. The molecule has 1 fully saturated rings. The molecule has 2 amide bonds. The minimum absolute atomic E-state index is 0.0712. The summed E-state index contributed by atoms with van der Waals surface area (Å²) in [5, 5.41) is 11.4. The highest BCUT2D eigenvalue weighted by atomic mass is 16.5. The maximum atomic E-state index is 12.0. The summed E-state index contributed by atoms with van der Waals surface area (Å²) in [7, 11) is 0. The fraction of sp³-hybridized carbons (Fsp3) is 0.833. The molecule has 18 heavy (non-hydrogen) atoms. The lowest BCUT2D eigenvalue weighted by Crippen LogP contribution is -2.53. The SMILES string of the molecule is CCC1COCCN1C(=O)NC(C)CCC(=O)O. The van der Waals surface area contributed by atoms with Crippen LogP contribution in [0.25, 0.3) is 0 Å². The summed E-state index contributed by atoms with van der Waals surface area (Å²) in [6, 6.07) is -0.137. The number of urea groups is 1. The van der Waals surface area contributed by atoms with E-state index in [1.54, 1.807) is 4.90 Å². The lowest BCUT2D eigenvalue weighted by Gasteiger charge is -2.35. The van der Waals surface area contributed by atoms with Gasteiger partial charge in [0.05, 0.1) is 19.3 Å². The number of morpholine rings is 1. The van der Waals surface area contributed by atoms with E-state index in [2.05, 4.69) is 5.32 Å². The number of hydrogen-bond donors (Lipinski definition) is 2. The van der Waals surface area contributed by atoms with Gasteiger partial charge in [0.1, 0.15) is 0 Å². The number of nitrogens with zero attached hydrogens (tertiary/aromatic N) is 1. The Labute approximate surface area is 107 Å². The van der Waals surface area contributed by atoms with Crippen LogP contribution in [0, 0.1) is 0 Å². The third-order valence-electron chi connectivity index (χ3n) is 3.12. The number of nitrogens with one attached hydrogen (secondary N) is 1. The molecule has 0 aliphatic carbocycles. The highest BCUT2D eigenvalue weighted by molar-refractivity contribution is 5.75. The van der Waals surface area contributed by atoms with Crippen LogP contribution in [-0.2, 0) is 9.53 Å². The van der Waals surface area contributed by atoms with Crippen LogP contribution >= 0.6 is 0 Å². The summed E-state index contributed by atoms with van der Waals surface area (Å²) in [4.78, 5) is 24.3. The molecule has 6 nitrogen and oxygen atoms in total. The molecule has 0 saturated carbocycles. The van der Waals surface area contributed by atoms with Crippen molar-refractivity contribution in [3.8, 4) is 0 Å². The highest BCUT2D eigenvalue weighted by Crippen LogP contribution is 2.10. The van der Waals surface area contributed by atoms with Crippen molar-refractivity contribution in [2.45, 2.75) is 45.2 Å². The first-order chi connectivity index (χ1) is 8.54. The number of hydrogen-bond acceptors (Lipinski definition) is 3. The minimum Gasteiger partial charge on any atom is -0.481 e. The van der Waals surface area contributed by atoms with Crippen molar-refractivity contribution in [2.24, 2.45) is 0 Å². The van der Waals surface area contributed by atoms with E-state index in [1.165, 1.54) is 0 Å². The summed E-state index contributed by atoms with van der Waals surface area (Å²) in [5.41, 5.74) is 0. The molecule has 1 rings (SSSR count). The predicted octanol–water partition coefficient (Wildman–Crippen LogP) is 1.06. The summed E-state index contributed by atoms with van der Waals surface area (Å²) in [6.07, 6.45) is 1.38. The number of carboxylic acids is 1. The quantitative estimate of drug-likeness (QED) is 0.773. The van der Waals surface area contributed by atoms with E-state index in [1.807, 2.05) is 13.8 Å². The average Bonchev–Trinajstić information content (AvgIpc) is 2.36. The molecular weight excluding hydrogens is 236 g/mol. The van der Waals surface area contributed by atoms with Crippen molar-refractivity contribution in [3.63, 3.8) is 0 Å². The second-order valence-corrected chi connectivity index (χ2v) is 4.61. The molecule has 104 valence electrons. The second kappa shape index (κ2) is 7.20. The first-order valence-electron chi connectivity index (χ1n) is 6.41. The molecule has 1 aliphatic heterocycles. The molecule has 0 aromatic heterocycles. The second-order valence-electron chi connectivity index (χ2n) is 4.61. The zero-order chi connectivity index (χ0) is 13.5. The molecule has 1 aliphatic rings. The van der Waals surface area contributed by atoms with Gasteiger partial charge in [-0.1, -0.05) is 6.92 Å². The van der Waals surface area contributed by atoms with E-state index in [0.29, 0.717) is 26.2 Å². The number of rotatable bonds is 5. The van der Waals surface area contributed by atoms with Gasteiger partial charge in [-0.2, -0.15) is 0 Å². The Bertz CT molecular complexity index is 296. The van der Waals surface area contributed by atoms with E-state index in [4.69, 9.17) is 9.84 Å². The lowest BCUT2D eigenvalue weighted by molar-refractivity contribution is -0.137. The van der Waals surface area contributed by atoms with Crippen LogP contribution in [0.3, 0.4) is 0 Å². The lowest BCUT2D eigenvalue weighted by atomic mass is 10.1. The van der Waals surface area contributed by atoms with Crippen molar-refractivity contribution in [3.05, 3.63) is 0 Å². The minimum atomic E-state index is -0.839. The van der Waals surface area contributed by atoms with Crippen LogP contribution < -0.4 is 5.32 Å². The van der Waals surface area contributed by atoms with Crippen molar-refractivity contribution >= 4 is 12.0 Å². The van der Waals surface area contributed by atoms with Gasteiger partial charge in [-0.15, -0.1) is 0 Å². The molecular formula is C12H22N2O4. The van der Waals surface area contributed by atoms with Gasteiger partial charge in [-0.05, 0) is 19.8 Å². The molecule has 2 unspecified atom stereocenters. The third-order valence-corrected chi connectivity index (χ3v) is 3.12. The molecule has 1 saturated heterocycles. The number of carbonyl (C=O) groups is 2. The molecule has 0 radical (unpaired) electrons. The molecule has 0 aromatic carbocycles. The molecule has 6 heteroatoms. The maximum absolute atomic E-state index is 12.0. The fourth-order valence-corrected chi connectivity index (χ4v) is 1.97. The van der Waals surface area contributed by atoms with Gasteiger partial charge in [0.2, 0.25) is 0 Å². The molecule has 2 atom stereocenters. The van der Waals surface area contributed by atoms with Gasteiger partial charge < -0.3 is 20.1 Å². The first-order valence-corrected chi connectivity index (χ1v) is 6.41. The maximum Gasteiger partial charge on any atom is 0.318 e. The zero-order valence-electron chi connectivity index (χ0n) is 11.0. The summed E-state index contributed by atoms with van der Waals surface area (Å²) >= 11 is 0. The first kappa shape index (κ1) is 14.8. The van der Waals surface area contributed by atoms with E-state index in [9.17, 15) is 9.59 Å². The Balaban J connectivity index is 2.40. The normalized spacial score (nSPS) is 21.4. The summed E-state index contributed by atoms with van der Waals surface area (Å²) in [5.74, 6) is -0.839. The highest BCUT2D eigenvalue weighted by Gasteiger charge is 2.26. The molecule has 0 spiro atoms. The summed E-state index contributed by atoms with van der Waals surface area (Å²) in [6.45, 7) is 5.58. The third kappa shape index (κ3) is 4.52. The Morgan fingerprint density at radius 1 is 1.56 bits per heavy atom. The molecule has 2 N–H and O–H groups in total. The predicted molar refractivity (Wildman–Crippen MR) is 66.5 cm³/mol. The number of carbonyl (C=O) groups excluding carboxylic acids is 1. The van der Waals surface area contributed by atoms with Crippen molar-refractivity contribution in [1.29, 1.82) is 0 Å². The zero-order valence-corrected chi connectivity index (χ0v) is 11.0. The van der Waals surface area contributed by atoms with E-state index < -0.39 is 5.97 Å². The van der Waals surface area contributed by atoms with Crippen molar-refractivity contribution in [1.82, 2.24) is 10.2 Å². The summed E-state index contributed by atoms with van der Waals surface area (Å²) < 4.78 is 5.34. The van der Waals surface area contributed by atoms with Gasteiger partial charge in [0.15, 0.2) is 0 Å². The number of amides is 2. The Morgan fingerprint density at radius 3 is 2.89 bits per heavy atom. The molecule has 0 aromatic rings. The largest absolute Gasteiger partial charge is 0.481 e.